The third-order valence-electron chi connectivity index (χ3n) is 4.22. The van der Waals surface area contributed by atoms with Gasteiger partial charge in [-0.05, 0) is 25.2 Å². The fraction of sp³-hybridized carbons (Fsp3) is 0.647. The monoisotopic (exact) mass is 347 g/mol. The van der Waals surface area contributed by atoms with Crippen LogP contribution in [0.2, 0.25) is 0 Å². The Morgan fingerprint density at radius 3 is 2.44 bits per heavy atom. The van der Waals surface area contributed by atoms with E-state index in [0.29, 0.717) is 5.92 Å². The van der Waals surface area contributed by atoms with Gasteiger partial charge in [-0.3, -0.25) is 14.7 Å². The van der Waals surface area contributed by atoms with Crippen molar-refractivity contribution < 1.29 is 4.79 Å². The molecular formula is C17H29N7O. The average Bonchev–Trinajstić information content (AvgIpc) is 3.10. The van der Waals surface area contributed by atoms with E-state index in [2.05, 4.69) is 53.5 Å². The maximum Gasteiger partial charge on any atom is 0.320 e. The number of carbonyl (C=O) groups excluding carboxylic acids is 1. The van der Waals surface area contributed by atoms with Crippen LogP contribution in [0.5, 0.6) is 0 Å². The topological polar surface area (TPSA) is 89.7 Å². The molecule has 2 rings (SSSR count). The zero-order valence-electron chi connectivity index (χ0n) is 16.0. The van der Waals surface area contributed by atoms with Crippen molar-refractivity contribution in [3.8, 4) is 0 Å². The third-order valence-corrected chi connectivity index (χ3v) is 4.22. The van der Waals surface area contributed by atoms with Crippen LogP contribution in [0.4, 0.5) is 10.6 Å². The molecule has 2 N–H and O–H groups in total. The Morgan fingerprint density at radius 2 is 1.92 bits per heavy atom. The Balaban J connectivity index is 2.17. The predicted molar refractivity (Wildman–Crippen MR) is 97.3 cm³/mol. The average molecular weight is 347 g/mol. The number of hydrogen-bond acceptors (Lipinski definition) is 4. The molecule has 0 unspecified atom stereocenters. The van der Waals surface area contributed by atoms with Crippen LogP contribution < -0.4 is 10.6 Å². The minimum atomic E-state index is -0.256. The number of hydrogen-bond donors (Lipinski definition) is 2. The van der Waals surface area contributed by atoms with Crippen molar-refractivity contribution in [2.45, 2.75) is 53.0 Å². The van der Waals surface area contributed by atoms with Gasteiger partial charge < -0.3 is 5.32 Å². The van der Waals surface area contributed by atoms with Gasteiger partial charge in [0.1, 0.15) is 18.0 Å². The van der Waals surface area contributed by atoms with E-state index >= 15 is 0 Å². The van der Waals surface area contributed by atoms with E-state index in [1.165, 1.54) is 6.33 Å². The minimum Gasteiger partial charge on any atom is -0.328 e. The van der Waals surface area contributed by atoms with Gasteiger partial charge in [-0.15, -0.1) is 0 Å². The van der Waals surface area contributed by atoms with Gasteiger partial charge in [-0.25, -0.2) is 9.78 Å². The smallest absolute Gasteiger partial charge is 0.320 e. The lowest BCUT2D eigenvalue weighted by atomic mass is 10.0. The first-order valence-corrected chi connectivity index (χ1v) is 8.83. The predicted octanol–water partition coefficient (Wildman–Crippen LogP) is 2.58. The van der Waals surface area contributed by atoms with Crippen LogP contribution >= 0.6 is 0 Å². The molecule has 0 aromatic carbocycles. The van der Waals surface area contributed by atoms with E-state index in [1.807, 2.05) is 14.1 Å². The summed E-state index contributed by atoms with van der Waals surface area (Å²) in [6.45, 7) is 8.37. The van der Waals surface area contributed by atoms with E-state index in [9.17, 15) is 4.79 Å². The molecule has 2 heterocycles. The lowest BCUT2D eigenvalue weighted by Gasteiger charge is -2.20. The van der Waals surface area contributed by atoms with Gasteiger partial charge >= 0.3 is 6.03 Å². The molecule has 0 aliphatic rings. The summed E-state index contributed by atoms with van der Waals surface area (Å²) < 4.78 is 3.43. The highest BCUT2D eigenvalue weighted by atomic mass is 16.2. The summed E-state index contributed by atoms with van der Waals surface area (Å²) in [4.78, 5) is 16.9. The molecule has 2 amide bonds. The zero-order chi connectivity index (χ0) is 18.6. The fourth-order valence-electron chi connectivity index (χ4n) is 3.06. The van der Waals surface area contributed by atoms with E-state index in [0.717, 1.165) is 42.2 Å². The van der Waals surface area contributed by atoms with Crippen molar-refractivity contribution in [1.29, 1.82) is 0 Å². The maximum absolute atomic E-state index is 12.6. The maximum atomic E-state index is 12.6. The van der Waals surface area contributed by atoms with Gasteiger partial charge in [0, 0.05) is 19.7 Å². The number of amides is 2. The van der Waals surface area contributed by atoms with Crippen LogP contribution in [0.3, 0.4) is 0 Å². The number of aryl methyl sites for hydroxylation is 3. The molecule has 0 aliphatic heterocycles. The Hall–Kier alpha value is -2.38. The largest absolute Gasteiger partial charge is 0.328 e. The fourth-order valence-corrected chi connectivity index (χ4v) is 3.06. The summed E-state index contributed by atoms with van der Waals surface area (Å²) in [5, 5.41) is 14.6. The number of urea groups is 1. The molecule has 0 bridgehead atoms. The molecule has 138 valence electrons. The Bertz CT molecular complexity index is 717. The molecule has 0 fully saturated rings. The minimum absolute atomic E-state index is 0.198. The van der Waals surface area contributed by atoms with E-state index in [4.69, 9.17) is 0 Å². The summed E-state index contributed by atoms with van der Waals surface area (Å²) in [5.41, 5.74) is 2.10. The molecule has 25 heavy (non-hydrogen) atoms. The molecule has 2 aromatic rings. The summed E-state index contributed by atoms with van der Waals surface area (Å²) in [6.07, 6.45) is 3.96. The lowest BCUT2D eigenvalue weighted by Crippen LogP contribution is -2.35. The number of aromatic nitrogens is 5. The molecular weight excluding hydrogens is 318 g/mol. The number of rotatable bonds is 7. The molecule has 1 atom stereocenters. The lowest BCUT2D eigenvalue weighted by molar-refractivity contribution is 0.245. The van der Waals surface area contributed by atoms with Crippen molar-refractivity contribution in [3.05, 3.63) is 23.4 Å². The summed E-state index contributed by atoms with van der Waals surface area (Å²) in [6, 6.07) is -0.453. The Labute approximate surface area is 149 Å². The van der Waals surface area contributed by atoms with E-state index < -0.39 is 0 Å². The molecule has 8 heteroatoms. The van der Waals surface area contributed by atoms with Gasteiger partial charge in [0.05, 0.1) is 11.7 Å². The Kier molecular flexibility index (Phi) is 6.17. The zero-order valence-corrected chi connectivity index (χ0v) is 16.0. The van der Waals surface area contributed by atoms with Crippen LogP contribution in [0.25, 0.3) is 0 Å². The van der Waals surface area contributed by atoms with Crippen molar-refractivity contribution in [3.63, 3.8) is 0 Å². The second kappa shape index (κ2) is 8.13. The quantitative estimate of drug-likeness (QED) is 0.805. The normalized spacial score (nSPS) is 12.4. The first kappa shape index (κ1) is 19.0. The van der Waals surface area contributed by atoms with Crippen molar-refractivity contribution in [2.75, 3.05) is 5.32 Å². The summed E-state index contributed by atoms with van der Waals surface area (Å²) >= 11 is 0. The first-order valence-electron chi connectivity index (χ1n) is 8.83. The number of carbonyl (C=O) groups is 1. The van der Waals surface area contributed by atoms with Gasteiger partial charge in [0.15, 0.2) is 0 Å². The van der Waals surface area contributed by atoms with Crippen LogP contribution in [-0.2, 0) is 26.9 Å². The summed E-state index contributed by atoms with van der Waals surface area (Å²) in [5.74, 6) is 1.91. The van der Waals surface area contributed by atoms with Crippen LogP contribution in [0.15, 0.2) is 6.33 Å². The highest BCUT2D eigenvalue weighted by Crippen LogP contribution is 2.22. The SMILES string of the molecule is CCc1nn(C)c(NC(=O)N[C@H](CC(C)C)c2ncnn2C)c1CC. The van der Waals surface area contributed by atoms with Gasteiger partial charge in [0.2, 0.25) is 0 Å². The summed E-state index contributed by atoms with van der Waals surface area (Å²) in [7, 11) is 3.68. The molecule has 0 radical (unpaired) electrons. The number of nitrogens with zero attached hydrogens (tertiary/aromatic N) is 5. The van der Waals surface area contributed by atoms with Crippen LogP contribution in [-0.4, -0.2) is 30.6 Å². The van der Waals surface area contributed by atoms with Crippen LogP contribution in [0.1, 0.15) is 57.2 Å². The second-order valence-electron chi connectivity index (χ2n) is 6.63. The van der Waals surface area contributed by atoms with Gasteiger partial charge in [-0.1, -0.05) is 27.7 Å². The second-order valence-corrected chi connectivity index (χ2v) is 6.63. The van der Waals surface area contributed by atoms with Crippen molar-refractivity contribution in [2.24, 2.45) is 20.0 Å². The Morgan fingerprint density at radius 1 is 1.20 bits per heavy atom. The third kappa shape index (κ3) is 4.37. The standard InChI is InChI=1S/C17H29N7O/c1-7-12-13(8-2)22-24(6)15(12)21-17(25)20-14(9-11(3)4)16-18-10-19-23(16)5/h10-11,14H,7-9H2,1-6H3,(H2,20,21,25)/t14-/m1/s1. The van der Waals surface area contributed by atoms with Crippen LogP contribution in [0, 0.1) is 5.92 Å². The molecule has 8 nitrogen and oxygen atoms in total. The molecule has 0 saturated carbocycles. The molecule has 0 aliphatic carbocycles. The number of anilines is 1. The van der Waals surface area contributed by atoms with E-state index in [-0.39, 0.29) is 12.1 Å². The highest BCUT2D eigenvalue weighted by Gasteiger charge is 2.22. The molecule has 0 saturated heterocycles. The van der Waals surface area contributed by atoms with Crippen molar-refractivity contribution in [1.82, 2.24) is 29.9 Å². The van der Waals surface area contributed by atoms with E-state index in [1.54, 1.807) is 9.36 Å². The van der Waals surface area contributed by atoms with Crippen molar-refractivity contribution >= 4 is 11.8 Å². The highest BCUT2D eigenvalue weighted by molar-refractivity contribution is 5.89. The number of nitrogens with one attached hydrogen (secondary N) is 2. The molecule has 2 aromatic heterocycles. The van der Waals surface area contributed by atoms with Gasteiger partial charge in [-0.2, -0.15) is 10.2 Å². The van der Waals surface area contributed by atoms with Gasteiger partial charge in [0.25, 0.3) is 0 Å². The molecule has 0 spiro atoms. The first-order chi connectivity index (χ1) is 11.9.